The summed E-state index contributed by atoms with van der Waals surface area (Å²) < 4.78 is 5.24. The molecule has 0 aliphatic heterocycles. The van der Waals surface area contributed by atoms with Crippen molar-refractivity contribution in [3.05, 3.63) is 58.7 Å². The van der Waals surface area contributed by atoms with Gasteiger partial charge in [0, 0.05) is 29.6 Å². The minimum absolute atomic E-state index is 0.110. The molecule has 2 aromatic rings. The number of ketones is 1. The Balaban J connectivity index is 1.55. The van der Waals surface area contributed by atoms with Gasteiger partial charge in [0.1, 0.15) is 5.78 Å². The van der Waals surface area contributed by atoms with Gasteiger partial charge in [0.15, 0.2) is 0 Å². The van der Waals surface area contributed by atoms with E-state index in [0.29, 0.717) is 34.9 Å². The van der Waals surface area contributed by atoms with Crippen LogP contribution in [-0.2, 0) is 11.2 Å². The molecule has 26 heavy (non-hydrogen) atoms. The zero-order chi connectivity index (χ0) is 18.5. The Bertz CT molecular complexity index is 736. The molecule has 4 heteroatoms. The van der Waals surface area contributed by atoms with Crippen LogP contribution in [0.4, 0.5) is 0 Å². The van der Waals surface area contributed by atoms with Crippen LogP contribution in [0, 0.1) is 11.8 Å². The van der Waals surface area contributed by atoms with Gasteiger partial charge in [0.25, 0.3) is 0 Å². The van der Waals surface area contributed by atoms with Gasteiger partial charge >= 0.3 is 0 Å². The molecule has 138 valence electrons. The van der Waals surface area contributed by atoms with E-state index in [-0.39, 0.29) is 5.92 Å². The van der Waals surface area contributed by atoms with Crippen LogP contribution in [0.1, 0.15) is 49.7 Å². The van der Waals surface area contributed by atoms with E-state index in [1.807, 2.05) is 36.5 Å². The van der Waals surface area contributed by atoms with Crippen molar-refractivity contribution in [2.75, 3.05) is 7.11 Å². The lowest BCUT2D eigenvalue weighted by Crippen LogP contribution is -2.26. The van der Waals surface area contributed by atoms with E-state index in [1.165, 1.54) is 5.56 Å². The topological polar surface area (TPSA) is 39.2 Å². The van der Waals surface area contributed by atoms with Gasteiger partial charge in [-0.25, -0.2) is 4.98 Å². The lowest BCUT2D eigenvalue weighted by atomic mass is 9.73. The van der Waals surface area contributed by atoms with Crippen LogP contribution < -0.4 is 4.74 Å². The van der Waals surface area contributed by atoms with Crippen molar-refractivity contribution in [1.29, 1.82) is 0 Å². The first kappa shape index (κ1) is 18.9. The van der Waals surface area contributed by atoms with E-state index in [4.69, 9.17) is 16.3 Å². The fraction of sp³-hybridized carbons (Fsp3) is 0.455. The van der Waals surface area contributed by atoms with E-state index in [0.717, 1.165) is 31.2 Å². The van der Waals surface area contributed by atoms with Gasteiger partial charge in [0.05, 0.1) is 7.11 Å². The minimum Gasteiger partial charge on any atom is -0.481 e. The van der Waals surface area contributed by atoms with Gasteiger partial charge in [-0.05, 0) is 66.8 Å². The molecule has 0 amide bonds. The molecule has 0 N–H and O–H groups in total. The molecule has 1 aliphatic rings. The van der Waals surface area contributed by atoms with Crippen LogP contribution >= 0.6 is 11.6 Å². The summed E-state index contributed by atoms with van der Waals surface area (Å²) in [4.78, 5) is 16.9. The highest BCUT2D eigenvalue weighted by molar-refractivity contribution is 6.30. The van der Waals surface area contributed by atoms with Crippen molar-refractivity contribution in [1.82, 2.24) is 4.98 Å². The molecule has 0 spiro atoms. The molecule has 3 rings (SSSR count). The number of methoxy groups -OCH3 is 1. The first-order chi connectivity index (χ1) is 12.6. The van der Waals surface area contributed by atoms with Crippen molar-refractivity contribution >= 4 is 17.4 Å². The molecule has 1 heterocycles. The summed E-state index contributed by atoms with van der Waals surface area (Å²) in [5.41, 5.74) is 2.35. The Kier molecular flexibility index (Phi) is 6.31. The maximum atomic E-state index is 12.7. The fourth-order valence-electron chi connectivity index (χ4n) is 3.97. The molecule has 1 unspecified atom stereocenters. The van der Waals surface area contributed by atoms with E-state index < -0.39 is 0 Å². The second-order valence-corrected chi connectivity index (χ2v) is 7.74. The quantitative estimate of drug-likeness (QED) is 0.676. The van der Waals surface area contributed by atoms with Crippen LogP contribution in [-0.4, -0.2) is 17.9 Å². The monoisotopic (exact) mass is 371 g/mol. The van der Waals surface area contributed by atoms with Crippen molar-refractivity contribution in [2.45, 2.75) is 44.9 Å². The Morgan fingerprint density at radius 2 is 1.88 bits per heavy atom. The van der Waals surface area contributed by atoms with Crippen molar-refractivity contribution < 1.29 is 9.53 Å². The number of hydrogen-bond donors (Lipinski definition) is 0. The lowest BCUT2D eigenvalue weighted by molar-refractivity contribution is -0.123. The molecule has 1 aromatic heterocycles. The predicted molar refractivity (Wildman–Crippen MR) is 105 cm³/mol. The molecule has 1 saturated carbocycles. The number of Topliss-reactive ketones (excluding diaryl/α,β-unsaturated/α-hetero) is 1. The zero-order valence-electron chi connectivity index (χ0n) is 15.5. The van der Waals surface area contributed by atoms with Crippen molar-refractivity contribution in [3.63, 3.8) is 0 Å². The molecule has 1 fully saturated rings. The number of ether oxygens (including phenoxy) is 1. The summed E-state index contributed by atoms with van der Waals surface area (Å²) in [6, 6.07) is 11.7. The summed E-state index contributed by atoms with van der Waals surface area (Å²) in [7, 11) is 1.65. The molecule has 1 aromatic carbocycles. The number of aromatic nitrogens is 1. The second-order valence-electron chi connectivity index (χ2n) is 7.30. The SMILES string of the molecule is COc1cc(C2CCC(C(C)C(=O)Cc3ccc(Cl)cc3)CC2)ccn1. The Labute approximate surface area is 160 Å². The van der Waals surface area contributed by atoms with Gasteiger partial charge in [-0.1, -0.05) is 30.7 Å². The number of halogens is 1. The highest BCUT2D eigenvalue weighted by atomic mass is 35.5. The zero-order valence-corrected chi connectivity index (χ0v) is 16.2. The van der Waals surface area contributed by atoms with Gasteiger partial charge < -0.3 is 4.74 Å². The van der Waals surface area contributed by atoms with Gasteiger partial charge in [-0.3, -0.25) is 4.79 Å². The highest BCUT2D eigenvalue weighted by Gasteiger charge is 2.29. The number of pyridine rings is 1. The Hall–Kier alpha value is -1.87. The van der Waals surface area contributed by atoms with E-state index >= 15 is 0 Å². The molecule has 1 atom stereocenters. The van der Waals surface area contributed by atoms with Crippen LogP contribution in [0.5, 0.6) is 5.88 Å². The number of nitrogens with zero attached hydrogens (tertiary/aromatic N) is 1. The summed E-state index contributed by atoms with van der Waals surface area (Å²) in [6.45, 7) is 2.10. The summed E-state index contributed by atoms with van der Waals surface area (Å²) in [6.07, 6.45) is 6.76. The molecule has 0 bridgehead atoms. The number of benzene rings is 1. The highest BCUT2D eigenvalue weighted by Crippen LogP contribution is 2.39. The standard InChI is InChI=1S/C22H26ClNO2/c1-15(21(25)13-16-3-9-20(23)10-4-16)17-5-7-18(8-6-17)19-11-12-24-22(14-19)26-2/h3-4,9-12,14-15,17-18H,5-8,13H2,1-2H3. The largest absolute Gasteiger partial charge is 0.481 e. The Morgan fingerprint density at radius 3 is 2.54 bits per heavy atom. The summed E-state index contributed by atoms with van der Waals surface area (Å²) in [5.74, 6) is 2.15. The van der Waals surface area contributed by atoms with E-state index in [9.17, 15) is 4.79 Å². The van der Waals surface area contributed by atoms with Crippen LogP contribution in [0.2, 0.25) is 5.02 Å². The molecule has 1 aliphatic carbocycles. The van der Waals surface area contributed by atoms with Gasteiger partial charge in [-0.15, -0.1) is 0 Å². The molecule has 3 nitrogen and oxygen atoms in total. The number of carbonyl (C=O) groups excluding carboxylic acids is 1. The van der Waals surface area contributed by atoms with Gasteiger partial charge in [-0.2, -0.15) is 0 Å². The summed E-state index contributed by atoms with van der Waals surface area (Å²) in [5, 5.41) is 0.709. The lowest BCUT2D eigenvalue weighted by Gasteiger charge is -2.32. The number of carbonyl (C=O) groups is 1. The average Bonchev–Trinajstić information content (AvgIpc) is 2.69. The van der Waals surface area contributed by atoms with Crippen LogP contribution in [0.25, 0.3) is 0 Å². The summed E-state index contributed by atoms with van der Waals surface area (Å²) >= 11 is 5.92. The van der Waals surface area contributed by atoms with Crippen LogP contribution in [0.15, 0.2) is 42.6 Å². The first-order valence-electron chi connectivity index (χ1n) is 9.34. The van der Waals surface area contributed by atoms with Gasteiger partial charge in [0.2, 0.25) is 5.88 Å². The minimum atomic E-state index is 0.110. The maximum absolute atomic E-state index is 12.7. The average molecular weight is 372 g/mol. The molecular formula is C22H26ClNO2. The normalized spacial score (nSPS) is 21.2. The number of hydrogen-bond acceptors (Lipinski definition) is 3. The molecule has 0 saturated heterocycles. The predicted octanol–water partition coefficient (Wildman–Crippen LogP) is 5.47. The third kappa shape index (κ3) is 4.64. The maximum Gasteiger partial charge on any atom is 0.213 e. The van der Waals surface area contributed by atoms with E-state index in [2.05, 4.69) is 18.0 Å². The van der Waals surface area contributed by atoms with Crippen molar-refractivity contribution in [2.24, 2.45) is 11.8 Å². The Morgan fingerprint density at radius 1 is 1.19 bits per heavy atom. The fourth-order valence-corrected chi connectivity index (χ4v) is 4.10. The van der Waals surface area contributed by atoms with E-state index in [1.54, 1.807) is 7.11 Å². The number of rotatable bonds is 6. The third-order valence-electron chi connectivity index (χ3n) is 5.72. The van der Waals surface area contributed by atoms with Crippen LogP contribution in [0.3, 0.4) is 0 Å². The third-order valence-corrected chi connectivity index (χ3v) is 5.97. The van der Waals surface area contributed by atoms with Crippen molar-refractivity contribution in [3.8, 4) is 5.88 Å². The smallest absolute Gasteiger partial charge is 0.213 e. The molecule has 0 radical (unpaired) electrons. The molecular weight excluding hydrogens is 346 g/mol. The first-order valence-corrected chi connectivity index (χ1v) is 9.71. The second kappa shape index (κ2) is 8.68.